The smallest absolute Gasteiger partial charge is 0.222 e. The predicted octanol–water partition coefficient (Wildman–Crippen LogP) is 1.23. The van der Waals surface area contributed by atoms with Crippen LogP contribution < -0.4 is 0 Å². The van der Waals surface area contributed by atoms with Crippen molar-refractivity contribution in [2.75, 3.05) is 26.2 Å². The van der Waals surface area contributed by atoms with Crippen molar-refractivity contribution in [1.29, 1.82) is 0 Å². The van der Waals surface area contributed by atoms with Crippen LogP contribution in [0.1, 0.15) is 44.9 Å². The Bertz CT molecular complexity index is 330. The Labute approximate surface area is 115 Å². The van der Waals surface area contributed by atoms with E-state index in [4.69, 9.17) is 0 Å². The lowest BCUT2D eigenvalue weighted by Gasteiger charge is -2.38. The van der Waals surface area contributed by atoms with E-state index in [9.17, 15) is 9.90 Å². The highest BCUT2D eigenvalue weighted by Crippen LogP contribution is 2.37. The van der Waals surface area contributed by atoms with Crippen LogP contribution in [0.15, 0.2) is 0 Å². The second-order valence-corrected chi connectivity index (χ2v) is 6.49. The number of amides is 1. The summed E-state index contributed by atoms with van der Waals surface area (Å²) in [7, 11) is 0. The third-order valence-corrected chi connectivity index (χ3v) is 5.16. The second-order valence-electron chi connectivity index (χ2n) is 6.49. The van der Waals surface area contributed by atoms with E-state index in [-0.39, 0.29) is 12.0 Å². The van der Waals surface area contributed by atoms with E-state index >= 15 is 0 Å². The molecule has 3 fully saturated rings. The van der Waals surface area contributed by atoms with Gasteiger partial charge in [-0.2, -0.15) is 0 Å². The Morgan fingerprint density at radius 2 is 1.95 bits per heavy atom. The molecule has 0 spiro atoms. The molecule has 4 nitrogen and oxygen atoms in total. The molecule has 0 aromatic rings. The van der Waals surface area contributed by atoms with Crippen LogP contribution in [-0.4, -0.2) is 59.1 Å². The van der Waals surface area contributed by atoms with Crippen molar-refractivity contribution in [2.45, 2.75) is 57.1 Å². The van der Waals surface area contributed by atoms with Crippen molar-refractivity contribution >= 4 is 5.91 Å². The molecule has 3 rings (SSSR count). The molecule has 1 N–H and O–H groups in total. The number of likely N-dealkylation sites (tertiary alicyclic amines) is 2. The van der Waals surface area contributed by atoms with Gasteiger partial charge in [-0.25, -0.2) is 0 Å². The van der Waals surface area contributed by atoms with Crippen molar-refractivity contribution < 1.29 is 9.90 Å². The number of aliphatic hydroxyl groups is 1. The number of hydrogen-bond acceptors (Lipinski definition) is 3. The van der Waals surface area contributed by atoms with Crippen LogP contribution in [0.25, 0.3) is 0 Å². The van der Waals surface area contributed by atoms with Gasteiger partial charge in [0.15, 0.2) is 0 Å². The molecule has 2 heterocycles. The van der Waals surface area contributed by atoms with Gasteiger partial charge in [0.25, 0.3) is 0 Å². The highest BCUT2D eigenvalue weighted by molar-refractivity contribution is 5.78. The molecule has 2 aliphatic heterocycles. The van der Waals surface area contributed by atoms with Crippen molar-refractivity contribution in [2.24, 2.45) is 5.92 Å². The van der Waals surface area contributed by atoms with Gasteiger partial charge < -0.3 is 10.0 Å². The topological polar surface area (TPSA) is 43.8 Å². The predicted molar refractivity (Wildman–Crippen MR) is 73.8 cm³/mol. The summed E-state index contributed by atoms with van der Waals surface area (Å²) in [6, 6.07) is 0.706. The summed E-state index contributed by atoms with van der Waals surface area (Å²) < 4.78 is 0. The number of carbonyl (C=O) groups excluding carboxylic acids is 1. The fourth-order valence-electron chi connectivity index (χ4n) is 3.92. The van der Waals surface area contributed by atoms with E-state index in [1.807, 2.05) is 4.90 Å². The highest BCUT2D eigenvalue weighted by atomic mass is 16.3. The lowest BCUT2D eigenvalue weighted by molar-refractivity contribution is -0.129. The average Bonchev–Trinajstić information content (AvgIpc) is 2.88. The monoisotopic (exact) mass is 266 g/mol. The summed E-state index contributed by atoms with van der Waals surface area (Å²) in [6.45, 7) is 3.26. The number of β-amino-alcohol motifs (C(OH)–C–C–N with tert-alkyl or cyclic N) is 1. The number of hydrogen-bond donors (Lipinski definition) is 1. The molecule has 0 aromatic heterocycles. The zero-order valence-corrected chi connectivity index (χ0v) is 11.8. The fraction of sp³-hybridized carbons (Fsp3) is 0.933. The van der Waals surface area contributed by atoms with Crippen LogP contribution in [0.5, 0.6) is 0 Å². The first-order chi connectivity index (χ1) is 9.24. The van der Waals surface area contributed by atoms with E-state index in [1.54, 1.807) is 0 Å². The maximum Gasteiger partial charge on any atom is 0.222 e. The molecule has 1 aliphatic carbocycles. The summed E-state index contributed by atoms with van der Waals surface area (Å²) in [5.74, 6) is 1.10. The second kappa shape index (κ2) is 5.80. The zero-order valence-electron chi connectivity index (χ0n) is 11.8. The average molecular weight is 266 g/mol. The zero-order chi connectivity index (χ0) is 13.2. The van der Waals surface area contributed by atoms with Gasteiger partial charge in [0.1, 0.15) is 0 Å². The minimum Gasteiger partial charge on any atom is -0.390 e. The summed E-state index contributed by atoms with van der Waals surface area (Å²) >= 11 is 0. The molecule has 0 radical (unpaired) electrons. The van der Waals surface area contributed by atoms with Crippen molar-refractivity contribution in [1.82, 2.24) is 9.80 Å². The van der Waals surface area contributed by atoms with Gasteiger partial charge in [-0.15, -0.1) is 0 Å². The van der Waals surface area contributed by atoms with E-state index in [1.165, 1.54) is 32.1 Å². The third-order valence-electron chi connectivity index (χ3n) is 5.16. The van der Waals surface area contributed by atoms with Gasteiger partial charge >= 0.3 is 0 Å². The first kappa shape index (κ1) is 13.4. The maximum absolute atomic E-state index is 11.6. The molecule has 19 heavy (non-hydrogen) atoms. The fourth-order valence-corrected chi connectivity index (χ4v) is 3.92. The van der Waals surface area contributed by atoms with Crippen LogP contribution in [0, 0.1) is 5.92 Å². The summed E-state index contributed by atoms with van der Waals surface area (Å²) in [5.41, 5.74) is 0. The largest absolute Gasteiger partial charge is 0.390 e. The SMILES string of the molecule is O=C1CCCN1CC(O)CN1CCCC1C1CCC1. The summed E-state index contributed by atoms with van der Waals surface area (Å²) in [5, 5.41) is 10.2. The number of carbonyl (C=O) groups is 1. The molecule has 2 unspecified atom stereocenters. The quantitative estimate of drug-likeness (QED) is 0.814. The first-order valence-electron chi connectivity index (χ1n) is 7.94. The van der Waals surface area contributed by atoms with Gasteiger partial charge in [-0.05, 0) is 44.6 Å². The van der Waals surface area contributed by atoms with Crippen LogP contribution >= 0.6 is 0 Å². The molecule has 2 atom stereocenters. The maximum atomic E-state index is 11.6. The van der Waals surface area contributed by atoms with Crippen LogP contribution in [-0.2, 0) is 4.79 Å². The Kier molecular flexibility index (Phi) is 4.08. The van der Waals surface area contributed by atoms with Gasteiger partial charge in [-0.3, -0.25) is 9.69 Å². The van der Waals surface area contributed by atoms with Crippen molar-refractivity contribution in [3.63, 3.8) is 0 Å². The molecule has 0 bridgehead atoms. The highest BCUT2D eigenvalue weighted by Gasteiger charge is 2.35. The molecule has 4 heteroatoms. The standard InChI is InChI=1S/C15H26N2O2/c18-13(11-17-9-3-7-15(17)19)10-16-8-2-6-14(16)12-4-1-5-12/h12-14,18H,1-11H2. The van der Waals surface area contributed by atoms with Gasteiger partial charge in [-0.1, -0.05) is 6.42 Å². The van der Waals surface area contributed by atoms with Gasteiger partial charge in [0, 0.05) is 32.1 Å². The molecule has 3 aliphatic rings. The van der Waals surface area contributed by atoms with E-state index < -0.39 is 0 Å². The molecule has 108 valence electrons. The number of aliphatic hydroxyl groups excluding tert-OH is 1. The molecular formula is C15H26N2O2. The van der Waals surface area contributed by atoms with E-state index in [0.717, 1.165) is 32.0 Å². The number of rotatable bonds is 5. The molecule has 1 amide bonds. The summed E-state index contributed by atoms with van der Waals surface area (Å²) in [6.07, 6.45) is 7.98. The van der Waals surface area contributed by atoms with Crippen molar-refractivity contribution in [3.05, 3.63) is 0 Å². The van der Waals surface area contributed by atoms with Crippen LogP contribution in [0.4, 0.5) is 0 Å². The molecule has 1 saturated carbocycles. The van der Waals surface area contributed by atoms with Crippen molar-refractivity contribution in [3.8, 4) is 0 Å². The lowest BCUT2D eigenvalue weighted by atomic mass is 9.79. The van der Waals surface area contributed by atoms with Gasteiger partial charge in [0.05, 0.1) is 6.10 Å². The molecule has 2 saturated heterocycles. The first-order valence-corrected chi connectivity index (χ1v) is 7.94. The Morgan fingerprint density at radius 3 is 2.58 bits per heavy atom. The van der Waals surface area contributed by atoms with Crippen LogP contribution in [0.3, 0.4) is 0 Å². The Morgan fingerprint density at radius 1 is 1.11 bits per heavy atom. The molecular weight excluding hydrogens is 240 g/mol. The van der Waals surface area contributed by atoms with Gasteiger partial charge in [0.2, 0.25) is 5.91 Å². The lowest BCUT2D eigenvalue weighted by Crippen LogP contribution is -2.45. The van der Waals surface area contributed by atoms with E-state index in [2.05, 4.69) is 4.90 Å². The Hall–Kier alpha value is -0.610. The van der Waals surface area contributed by atoms with Crippen LogP contribution in [0.2, 0.25) is 0 Å². The third kappa shape index (κ3) is 2.95. The Balaban J connectivity index is 1.48. The van der Waals surface area contributed by atoms with E-state index in [0.29, 0.717) is 19.0 Å². The summed E-state index contributed by atoms with van der Waals surface area (Å²) in [4.78, 5) is 15.9. The minimum atomic E-state index is -0.372. The normalized spacial score (nSPS) is 30.9. The number of nitrogens with zero attached hydrogens (tertiary/aromatic N) is 2. The molecule has 0 aromatic carbocycles. The minimum absolute atomic E-state index is 0.219.